The summed E-state index contributed by atoms with van der Waals surface area (Å²) in [4.78, 5) is 12.1. The second-order valence-corrected chi connectivity index (χ2v) is 6.35. The Hall–Kier alpha value is -3.47. The molecule has 0 aromatic heterocycles. The van der Waals surface area contributed by atoms with Gasteiger partial charge in [0.15, 0.2) is 18.1 Å². The molecule has 0 saturated carbocycles. The van der Waals surface area contributed by atoms with E-state index in [1.165, 1.54) is 11.1 Å². The molecule has 0 unspecified atom stereocenters. The van der Waals surface area contributed by atoms with Gasteiger partial charge in [-0.2, -0.15) is 0 Å². The molecule has 1 amide bonds. The van der Waals surface area contributed by atoms with E-state index in [0.717, 1.165) is 17.9 Å². The van der Waals surface area contributed by atoms with E-state index in [1.807, 2.05) is 48.5 Å². The summed E-state index contributed by atoms with van der Waals surface area (Å²) in [7, 11) is 1.57. The van der Waals surface area contributed by atoms with Crippen molar-refractivity contribution in [1.29, 1.82) is 0 Å². The van der Waals surface area contributed by atoms with Gasteiger partial charge < -0.3 is 20.1 Å². The lowest BCUT2D eigenvalue weighted by Crippen LogP contribution is -2.20. The van der Waals surface area contributed by atoms with Gasteiger partial charge in [-0.1, -0.05) is 36.4 Å². The summed E-state index contributed by atoms with van der Waals surface area (Å²) in [6.07, 6.45) is 0. The van der Waals surface area contributed by atoms with Gasteiger partial charge in [-0.25, -0.2) is 0 Å². The van der Waals surface area contributed by atoms with Crippen LogP contribution in [0.3, 0.4) is 0 Å². The Morgan fingerprint density at radius 1 is 0.857 bits per heavy atom. The predicted molar refractivity (Wildman–Crippen MR) is 112 cm³/mol. The van der Waals surface area contributed by atoms with Crippen molar-refractivity contribution in [3.05, 3.63) is 83.9 Å². The summed E-state index contributed by atoms with van der Waals surface area (Å²) < 4.78 is 10.7. The molecule has 0 fully saturated rings. The van der Waals surface area contributed by atoms with Gasteiger partial charge in [-0.15, -0.1) is 0 Å². The van der Waals surface area contributed by atoms with E-state index < -0.39 is 0 Å². The largest absolute Gasteiger partial charge is 0.493 e. The van der Waals surface area contributed by atoms with Crippen LogP contribution in [0.15, 0.2) is 72.8 Å². The van der Waals surface area contributed by atoms with Crippen LogP contribution < -0.4 is 20.1 Å². The summed E-state index contributed by atoms with van der Waals surface area (Å²) >= 11 is 0. The first-order valence-electron chi connectivity index (χ1n) is 9.10. The van der Waals surface area contributed by atoms with Gasteiger partial charge in [0.05, 0.1) is 7.11 Å². The lowest BCUT2D eigenvalue weighted by atomic mass is 10.1. The average molecular weight is 376 g/mol. The van der Waals surface area contributed by atoms with Crippen molar-refractivity contribution < 1.29 is 14.3 Å². The number of hydrogen-bond acceptors (Lipinski definition) is 4. The fourth-order valence-electron chi connectivity index (χ4n) is 2.76. The zero-order chi connectivity index (χ0) is 19.8. The van der Waals surface area contributed by atoms with Crippen molar-refractivity contribution in [3.63, 3.8) is 0 Å². The van der Waals surface area contributed by atoms with Crippen molar-refractivity contribution >= 4 is 17.3 Å². The van der Waals surface area contributed by atoms with E-state index in [0.29, 0.717) is 11.5 Å². The van der Waals surface area contributed by atoms with E-state index in [-0.39, 0.29) is 12.5 Å². The summed E-state index contributed by atoms with van der Waals surface area (Å²) in [6, 6.07) is 23.1. The molecule has 5 nitrogen and oxygen atoms in total. The maximum Gasteiger partial charge on any atom is 0.262 e. The summed E-state index contributed by atoms with van der Waals surface area (Å²) in [5.41, 5.74) is 4.23. The topological polar surface area (TPSA) is 59.6 Å². The molecule has 0 aliphatic heterocycles. The Morgan fingerprint density at radius 2 is 1.50 bits per heavy atom. The number of anilines is 2. The standard InChI is InChI=1S/C23H24N2O3/c1-17-7-3-4-8-18(17)15-24-19-11-13-20(14-12-19)25-23(26)16-28-22-10-6-5-9-21(22)27-2/h3-14,24H,15-16H2,1-2H3,(H,25,26). The van der Waals surface area contributed by atoms with Crippen molar-refractivity contribution in [2.24, 2.45) is 0 Å². The maximum absolute atomic E-state index is 12.1. The molecule has 0 aliphatic rings. The zero-order valence-electron chi connectivity index (χ0n) is 16.1. The minimum absolute atomic E-state index is 0.0896. The molecule has 0 radical (unpaired) electrons. The van der Waals surface area contributed by atoms with Gasteiger partial charge in [0, 0.05) is 17.9 Å². The molecule has 3 rings (SSSR count). The Kier molecular flexibility index (Phi) is 6.52. The smallest absolute Gasteiger partial charge is 0.262 e. The number of nitrogens with one attached hydrogen (secondary N) is 2. The highest BCUT2D eigenvalue weighted by Gasteiger charge is 2.07. The second-order valence-electron chi connectivity index (χ2n) is 6.35. The number of amides is 1. The number of hydrogen-bond donors (Lipinski definition) is 2. The van der Waals surface area contributed by atoms with E-state index >= 15 is 0 Å². The van der Waals surface area contributed by atoms with Gasteiger partial charge in [-0.3, -0.25) is 4.79 Å². The number of ether oxygens (including phenoxy) is 2. The molecule has 0 atom stereocenters. The molecule has 0 aliphatic carbocycles. The number of para-hydroxylation sites is 2. The van der Waals surface area contributed by atoms with E-state index in [4.69, 9.17) is 9.47 Å². The summed E-state index contributed by atoms with van der Waals surface area (Å²) in [5, 5.41) is 6.22. The molecule has 3 aromatic rings. The van der Waals surface area contributed by atoms with Crippen LogP contribution in [0, 0.1) is 6.92 Å². The van der Waals surface area contributed by atoms with Gasteiger partial charge in [0.2, 0.25) is 0 Å². The highest BCUT2D eigenvalue weighted by Crippen LogP contribution is 2.25. The minimum Gasteiger partial charge on any atom is -0.493 e. The summed E-state index contributed by atoms with van der Waals surface area (Å²) in [5.74, 6) is 0.904. The van der Waals surface area contributed by atoms with E-state index in [1.54, 1.807) is 19.2 Å². The van der Waals surface area contributed by atoms with Crippen molar-refractivity contribution in [2.75, 3.05) is 24.4 Å². The zero-order valence-corrected chi connectivity index (χ0v) is 16.1. The van der Waals surface area contributed by atoms with Crippen molar-refractivity contribution in [1.82, 2.24) is 0 Å². The van der Waals surface area contributed by atoms with Crippen LogP contribution in [0.2, 0.25) is 0 Å². The molecular formula is C23H24N2O3. The lowest BCUT2D eigenvalue weighted by Gasteiger charge is -2.11. The number of carbonyl (C=O) groups excluding carboxylic acids is 1. The Labute approximate surface area is 165 Å². The monoisotopic (exact) mass is 376 g/mol. The first kappa shape index (κ1) is 19.3. The highest BCUT2D eigenvalue weighted by molar-refractivity contribution is 5.92. The third-order valence-corrected chi connectivity index (χ3v) is 4.34. The van der Waals surface area contributed by atoms with Crippen LogP contribution in [0.25, 0.3) is 0 Å². The summed E-state index contributed by atoms with van der Waals surface area (Å²) in [6.45, 7) is 2.77. The van der Waals surface area contributed by atoms with Crippen LogP contribution in [0.5, 0.6) is 11.5 Å². The number of methoxy groups -OCH3 is 1. The predicted octanol–water partition coefficient (Wildman–Crippen LogP) is 4.63. The Bertz CT molecular complexity index is 923. The number of carbonyl (C=O) groups is 1. The van der Waals surface area contributed by atoms with Crippen LogP contribution in [-0.2, 0) is 11.3 Å². The van der Waals surface area contributed by atoms with Crippen LogP contribution in [-0.4, -0.2) is 19.6 Å². The lowest BCUT2D eigenvalue weighted by molar-refractivity contribution is -0.118. The van der Waals surface area contributed by atoms with E-state index in [9.17, 15) is 4.79 Å². The fraction of sp³-hybridized carbons (Fsp3) is 0.174. The maximum atomic E-state index is 12.1. The average Bonchev–Trinajstić information content (AvgIpc) is 2.73. The van der Waals surface area contributed by atoms with Crippen LogP contribution in [0.4, 0.5) is 11.4 Å². The van der Waals surface area contributed by atoms with Gasteiger partial charge in [0.25, 0.3) is 5.91 Å². The molecule has 3 aromatic carbocycles. The molecule has 0 saturated heterocycles. The molecule has 5 heteroatoms. The first-order valence-corrected chi connectivity index (χ1v) is 9.10. The normalized spacial score (nSPS) is 10.2. The molecule has 0 heterocycles. The van der Waals surface area contributed by atoms with Gasteiger partial charge >= 0.3 is 0 Å². The van der Waals surface area contributed by atoms with Crippen molar-refractivity contribution in [3.8, 4) is 11.5 Å². The van der Waals surface area contributed by atoms with Crippen LogP contribution in [0.1, 0.15) is 11.1 Å². The minimum atomic E-state index is -0.230. The highest BCUT2D eigenvalue weighted by atomic mass is 16.5. The first-order chi connectivity index (χ1) is 13.7. The number of benzene rings is 3. The number of rotatable bonds is 8. The quantitative estimate of drug-likeness (QED) is 0.602. The Morgan fingerprint density at radius 3 is 2.21 bits per heavy atom. The van der Waals surface area contributed by atoms with Gasteiger partial charge in [-0.05, 0) is 54.4 Å². The second kappa shape index (κ2) is 9.46. The molecular weight excluding hydrogens is 352 g/mol. The molecule has 2 N–H and O–H groups in total. The fourth-order valence-corrected chi connectivity index (χ4v) is 2.76. The SMILES string of the molecule is COc1ccccc1OCC(=O)Nc1ccc(NCc2ccccc2C)cc1. The molecule has 28 heavy (non-hydrogen) atoms. The molecule has 0 bridgehead atoms. The number of aryl methyl sites for hydroxylation is 1. The Balaban J connectivity index is 1.49. The van der Waals surface area contributed by atoms with Crippen LogP contribution >= 0.6 is 0 Å². The molecule has 0 spiro atoms. The van der Waals surface area contributed by atoms with E-state index in [2.05, 4.69) is 29.7 Å². The van der Waals surface area contributed by atoms with Crippen molar-refractivity contribution in [2.45, 2.75) is 13.5 Å². The molecule has 144 valence electrons. The van der Waals surface area contributed by atoms with Gasteiger partial charge in [0.1, 0.15) is 0 Å². The third kappa shape index (κ3) is 5.27. The third-order valence-electron chi connectivity index (χ3n) is 4.34.